The number of hydrogen-bond acceptors (Lipinski definition) is 2. The van der Waals surface area contributed by atoms with E-state index < -0.39 is 6.10 Å². The fourth-order valence-corrected chi connectivity index (χ4v) is 2.20. The molecule has 0 spiro atoms. The first-order valence-electron chi connectivity index (χ1n) is 6.26. The minimum absolute atomic E-state index is 0.180. The van der Waals surface area contributed by atoms with E-state index >= 15 is 0 Å². The van der Waals surface area contributed by atoms with Crippen molar-refractivity contribution >= 4 is 27.5 Å². The molecular formula is C16H16BrNO2. The smallest absolute Gasteiger partial charge is 0.258 e. The van der Waals surface area contributed by atoms with Crippen molar-refractivity contribution in [2.45, 2.75) is 13.0 Å². The van der Waals surface area contributed by atoms with Crippen LogP contribution in [0.5, 0.6) is 0 Å². The molecular weight excluding hydrogens is 318 g/mol. The summed E-state index contributed by atoms with van der Waals surface area (Å²) in [6.07, 6.45) is -0.611. The molecule has 0 aliphatic rings. The number of methoxy groups -OCH3 is 1. The third-order valence-corrected chi connectivity index (χ3v) is 3.89. The van der Waals surface area contributed by atoms with E-state index in [9.17, 15) is 4.79 Å². The largest absolute Gasteiger partial charge is 0.367 e. The van der Waals surface area contributed by atoms with Gasteiger partial charge in [-0.3, -0.25) is 4.79 Å². The second-order valence-corrected chi connectivity index (χ2v) is 5.33. The highest BCUT2D eigenvalue weighted by Crippen LogP contribution is 2.22. The lowest BCUT2D eigenvalue weighted by Crippen LogP contribution is -2.22. The first kappa shape index (κ1) is 14.8. The van der Waals surface area contributed by atoms with Crippen LogP contribution in [-0.2, 0) is 9.53 Å². The molecule has 20 heavy (non-hydrogen) atoms. The van der Waals surface area contributed by atoms with Gasteiger partial charge in [0.1, 0.15) is 0 Å². The van der Waals surface area contributed by atoms with Crippen LogP contribution in [0.15, 0.2) is 53.0 Å². The van der Waals surface area contributed by atoms with Gasteiger partial charge in [0.05, 0.1) is 0 Å². The Kier molecular flexibility index (Phi) is 4.93. The number of benzene rings is 2. The van der Waals surface area contributed by atoms with Gasteiger partial charge in [0, 0.05) is 17.3 Å². The van der Waals surface area contributed by atoms with Crippen LogP contribution in [0.25, 0.3) is 0 Å². The topological polar surface area (TPSA) is 38.3 Å². The molecule has 3 nitrogen and oxygen atoms in total. The minimum atomic E-state index is -0.611. The molecule has 2 aromatic rings. The molecule has 0 heterocycles. The fraction of sp³-hybridized carbons (Fsp3) is 0.188. The predicted octanol–water partition coefficient (Wildman–Crippen LogP) is 4.08. The molecule has 0 unspecified atom stereocenters. The van der Waals surface area contributed by atoms with Crippen molar-refractivity contribution in [3.05, 3.63) is 64.1 Å². The molecule has 2 aromatic carbocycles. The Morgan fingerprint density at radius 3 is 2.50 bits per heavy atom. The van der Waals surface area contributed by atoms with Gasteiger partial charge in [0.2, 0.25) is 0 Å². The Morgan fingerprint density at radius 1 is 1.20 bits per heavy atom. The van der Waals surface area contributed by atoms with Crippen molar-refractivity contribution in [3.8, 4) is 0 Å². The maximum absolute atomic E-state index is 12.3. The zero-order valence-corrected chi connectivity index (χ0v) is 13.0. The summed E-state index contributed by atoms with van der Waals surface area (Å²) in [5.74, 6) is -0.180. The van der Waals surface area contributed by atoms with Gasteiger partial charge in [-0.2, -0.15) is 0 Å². The fourth-order valence-electron chi connectivity index (χ4n) is 1.95. The Bertz CT molecular complexity index is 599. The van der Waals surface area contributed by atoms with Gasteiger partial charge in [0.15, 0.2) is 6.10 Å². The maximum atomic E-state index is 12.3. The molecule has 0 bridgehead atoms. The van der Waals surface area contributed by atoms with Crippen molar-refractivity contribution in [2.24, 2.45) is 0 Å². The first-order chi connectivity index (χ1) is 9.61. The number of anilines is 1. The van der Waals surface area contributed by atoms with E-state index in [2.05, 4.69) is 21.2 Å². The first-order valence-corrected chi connectivity index (χ1v) is 7.06. The quantitative estimate of drug-likeness (QED) is 0.915. The Labute approximate surface area is 127 Å². The number of nitrogens with one attached hydrogen (secondary N) is 1. The normalized spacial score (nSPS) is 11.9. The molecule has 0 fully saturated rings. The third kappa shape index (κ3) is 3.46. The zero-order valence-electron chi connectivity index (χ0n) is 11.4. The van der Waals surface area contributed by atoms with Gasteiger partial charge in [-0.15, -0.1) is 0 Å². The second-order valence-electron chi connectivity index (χ2n) is 4.48. The van der Waals surface area contributed by atoms with Crippen molar-refractivity contribution in [1.82, 2.24) is 0 Å². The van der Waals surface area contributed by atoms with Gasteiger partial charge in [0.25, 0.3) is 5.91 Å². The van der Waals surface area contributed by atoms with E-state index in [1.807, 2.05) is 55.5 Å². The molecule has 2 rings (SSSR count). The summed E-state index contributed by atoms with van der Waals surface area (Å²) in [5, 5.41) is 2.87. The van der Waals surface area contributed by atoms with Crippen LogP contribution < -0.4 is 5.32 Å². The summed E-state index contributed by atoms with van der Waals surface area (Å²) in [6, 6.07) is 15.1. The monoisotopic (exact) mass is 333 g/mol. The van der Waals surface area contributed by atoms with E-state index in [-0.39, 0.29) is 5.91 Å². The molecule has 1 N–H and O–H groups in total. The lowest BCUT2D eigenvalue weighted by molar-refractivity contribution is -0.126. The van der Waals surface area contributed by atoms with E-state index in [4.69, 9.17) is 4.74 Å². The molecule has 4 heteroatoms. The molecule has 0 aromatic heterocycles. The van der Waals surface area contributed by atoms with Gasteiger partial charge < -0.3 is 10.1 Å². The molecule has 0 aliphatic heterocycles. The number of rotatable bonds is 4. The second kappa shape index (κ2) is 6.68. The van der Waals surface area contributed by atoms with Gasteiger partial charge >= 0.3 is 0 Å². The lowest BCUT2D eigenvalue weighted by Gasteiger charge is -2.16. The molecule has 104 valence electrons. The van der Waals surface area contributed by atoms with E-state index in [0.29, 0.717) is 0 Å². The average Bonchev–Trinajstić information content (AvgIpc) is 2.45. The maximum Gasteiger partial charge on any atom is 0.258 e. The average molecular weight is 334 g/mol. The standard InChI is InChI=1S/C16H16BrNO2/c1-11-10-13(8-9-14(11)17)18-16(19)15(20-2)12-6-4-3-5-7-12/h3-10,15H,1-2H3,(H,18,19)/t15-/m1/s1. The predicted molar refractivity (Wildman–Crippen MR) is 83.7 cm³/mol. The number of carbonyl (C=O) groups is 1. The van der Waals surface area contributed by atoms with Crippen LogP contribution in [0.4, 0.5) is 5.69 Å². The Hall–Kier alpha value is -1.65. The number of amides is 1. The van der Waals surface area contributed by atoms with Crippen LogP contribution in [0.3, 0.4) is 0 Å². The van der Waals surface area contributed by atoms with Crippen molar-refractivity contribution < 1.29 is 9.53 Å². The molecule has 0 saturated heterocycles. The van der Waals surface area contributed by atoms with E-state index in [1.165, 1.54) is 7.11 Å². The molecule has 1 atom stereocenters. The summed E-state index contributed by atoms with van der Waals surface area (Å²) in [6.45, 7) is 1.98. The van der Waals surface area contributed by atoms with Crippen LogP contribution in [0.1, 0.15) is 17.2 Å². The third-order valence-electron chi connectivity index (χ3n) is 3.00. The van der Waals surface area contributed by atoms with E-state index in [0.717, 1.165) is 21.3 Å². The lowest BCUT2D eigenvalue weighted by atomic mass is 10.1. The van der Waals surface area contributed by atoms with Crippen LogP contribution in [0.2, 0.25) is 0 Å². The minimum Gasteiger partial charge on any atom is -0.367 e. The summed E-state index contributed by atoms with van der Waals surface area (Å²) in [7, 11) is 1.53. The van der Waals surface area contributed by atoms with Crippen LogP contribution in [0, 0.1) is 6.92 Å². The van der Waals surface area contributed by atoms with Crippen LogP contribution >= 0.6 is 15.9 Å². The zero-order chi connectivity index (χ0) is 14.5. The SMILES string of the molecule is CO[C@@H](C(=O)Nc1ccc(Br)c(C)c1)c1ccccc1. The highest BCUT2D eigenvalue weighted by Gasteiger charge is 2.19. The number of carbonyl (C=O) groups excluding carboxylic acids is 1. The number of ether oxygens (including phenoxy) is 1. The number of hydrogen-bond donors (Lipinski definition) is 1. The summed E-state index contributed by atoms with van der Waals surface area (Å²) in [5.41, 5.74) is 2.66. The molecule has 0 aliphatic carbocycles. The highest BCUT2D eigenvalue weighted by atomic mass is 79.9. The number of halogens is 1. The molecule has 0 saturated carbocycles. The number of aryl methyl sites for hydroxylation is 1. The Balaban J connectivity index is 2.15. The van der Waals surface area contributed by atoms with Crippen molar-refractivity contribution in [3.63, 3.8) is 0 Å². The van der Waals surface area contributed by atoms with Crippen molar-refractivity contribution in [2.75, 3.05) is 12.4 Å². The van der Waals surface area contributed by atoms with Crippen LogP contribution in [-0.4, -0.2) is 13.0 Å². The summed E-state index contributed by atoms with van der Waals surface area (Å²) >= 11 is 3.44. The van der Waals surface area contributed by atoms with Gasteiger partial charge in [-0.25, -0.2) is 0 Å². The Morgan fingerprint density at radius 2 is 1.90 bits per heavy atom. The molecule has 1 amide bonds. The van der Waals surface area contributed by atoms with E-state index in [1.54, 1.807) is 0 Å². The molecule has 0 radical (unpaired) electrons. The van der Waals surface area contributed by atoms with Gasteiger partial charge in [-0.05, 0) is 36.2 Å². The summed E-state index contributed by atoms with van der Waals surface area (Å²) in [4.78, 5) is 12.3. The van der Waals surface area contributed by atoms with Crippen molar-refractivity contribution in [1.29, 1.82) is 0 Å². The van der Waals surface area contributed by atoms with Gasteiger partial charge in [-0.1, -0.05) is 46.3 Å². The highest BCUT2D eigenvalue weighted by molar-refractivity contribution is 9.10. The summed E-state index contributed by atoms with van der Waals surface area (Å²) < 4.78 is 6.32.